The highest BCUT2D eigenvalue weighted by Crippen LogP contribution is 2.27. The summed E-state index contributed by atoms with van der Waals surface area (Å²) in [5.41, 5.74) is 0.814. The van der Waals surface area contributed by atoms with E-state index in [2.05, 4.69) is 15.2 Å². The molecule has 3 N–H and O–H groups in total. The van der Waals surface area contributed by atoms with Crippen LogP contribution in [0.4, 0.5) is 11.5 Å². The maximum atomic E-state index is 11.4. The number of aromatic carboxylic acids is 2. The molecule has 0 aliphatic heterocycles. The zero-order valence-corrected chi connectivity index (χ0v) is 12.9. The maximum absolute atomic E-state index is 11.4. The standard InChI is InChI=1S/C16H12N4O5/c1-8-2-5-12-17-13(16(24)25)14(20(12)7-8)19-18-9-3-4-11(21)10(6-9)15(22)23/h2-7,21H,1H3,(H,22,23)(H,24,25). The second-order valence-corrected chi connectivity index (χ2v) is 5.23. The van der Waals surface area contributed by atoms with Crippen molar-refractivity contribution < 1.29 is 24.9 Å². The summed E-state index contributed by atoms with van der Waals surface area (Å²) in [6.45, 7) is 1.83. The molecule has 126 valence electrons. The number of aromatic hydroxyl groups is 1. The van der Waals surface area contributed by atoms with E-state index < -0.39 is 17.7 Å². The van der Waals surface area contributed by atoms with Gasteiger partial charge in [-0.3, -0.25) is 4.40 Å². The van der Waals surface area contributed by atoms with E-state index in [-0.39, 0.29) is 22.8 Å². The molecule has 1 aromatic carbocycles. The molecule has 25 heavy (non-hydrogen) atoms. The summed E-state index contributed by atoms with van der Waals surface area (Å²) in [7, 11) is 0. The molecule has 2 aromatic heterocycles. The summed E-state index contributed by atoms with van der Waals surface area (Å²) in [4.78, 5) is 26.4. The Kier molecular flexibility index (Phi) is 3.89. The molecule has 0 amide bonds. The number of imidazole rings is 1. The van der Waals surface area contributed by atoms with Gasteiger partial charge in [-0.05, 0) is 36.8 Å². The Morgan fingerprint density at radius 2 is 1.84 bits per heavy atom. The lowest BCUT2D eigenvalue weighted by molar-refractivity contribution is 0.0682. The monoisotopic (exact) mass is 340 g/mol. The number of fused-ring (bicyclic) bond motifs is 1. The number of nitrogens with zero attached hydrogens (tertiary/aromatic N) is 4. The fourth-order valence-corrected chi connectivity index (χ4v) is 2.24. The molecule has 9 heteroatoms. The number of benzene rings is 1. The molecule has 0 aliphatic carbocycles. The van der Waals surface area contributed by atoms with Crippen LogP contribution >= 0.6 is 0 Å². The van der Waals surface area contributed by atoms with E-state index in [4.69, 9.17) is 5.11 Å². The van der Waals surface area contributed by atoms with Crippen LogP contribution in [0.15, 0.2) is 46.8 Å². The van der Waals surface area contributed by atoms with Gasteiger partial charge in [0.2, 0.25) is 0 Å². The number of hydrogen-bond donors (Lipinski definition) is 3. The first-order valence-corrected chi connectivity index (χ1v) is 7.07. The Morgan fingerprint density at radius 1 is 1.08 bits per heavy atom. The third-order valence-electron chi connectivity index (χ3n) is 3.41. The van der Waals surface area contributed by atoms with Crippen LogP contribution < -0.4 is 0 Å². The first-order chi connectivity index (χ1) is 11.9. The highest BCUT2D eigenvalue weighted by atomic mass is 16.4. The molecule has 0 radical (unpaired) electrons. The number of aryl methyl sites for hydroxylation is 1. The van der Waals surface area contributed by atoms with Gasteiger partial charge >= 0.3 is 11.9 Å². The predicted molar refractivity (Wildman–Crippen MR) is 86.1 cm³/mol. The number of pyridine rings is 1. The molecule has 0 unspecified atom stereocenters. The molecule has 0 saturated carbocycles. The topological polar surface area (TPSA) is 137 Å². The molecule has 0 bridgehead atoms. The van der Waals surface area contributed by atoms with Crippen molar-refractivity contribution in [2.75, 3.05) is 0 Å². The molecule has 0 fully saturated rings. The van der Waals surface area contributed by atoms with Crippen LogP contribution in [0.5, 0.6) is 5.75 Å². The fourth-order valence-electron chi connectivity index (χ4n) is 2.24. The van der Waals surface area contributed by atoms with E-state index in [0.29, 0.717) is 5.65 Å². The first kappa shape index (κ1) is 16.1. The van der Waals surface area contributed by atoms with E-state index >= 15 is 0 Å². The number of azo groups is 1. The lowest BCUT2D eigenvalue weighted by Crippen LogP contribution is -1.97. The predicted octanol–water partition coefficient (Wildman–Crippen LogP) is 3.16. The average Bonchev–Trinajstić information content (AvgIpc) is 2.92. The van der Waals surface area contributed by atoms with E-state index in [9.17, 15) is 19.8 Å². The largest absolute Gasteiger partial charge is 0.507 e. The molecular formula is C16H12N4O5. The normalized spacial score (nSPS) is 11.2. The quantitative estimate of drug-likeness (QED) is 0.624. The van der Waals surface area contributed by atoms with Crippen LogP contribution in [0.2, 0.25) is 0 Å². The molecule has 9 nitrogen and oxygen atoms in total. The summed E-state index contributed by atoms with van der Waals surface area (Å²) in [6, 6.07) is 7.11. The minimum Gasteiger partial charge on any atom is -0.507 e. The van der Waals surface area contributed by atoms with Crippen molar-refractivity contribution in [1.29, 1.82) is 0 Å². The van der Waals surface area contributed by atoms with Gasteiger partial charge in [0.1, 0.15) is 17.0 Å². The Balaban J connectivity index is 2.11. The van der Waals surface area contributed by atoms with Crippen molar-refractivity contribution in [3.8, 4) is 5.75 Å². The third kappa shape index (κ3) is 3.02. The molecule has 3 rings (SSSR count). The van der Waals surface area contributed by atoms with Gasteiger partial charge < -0.3 is 15.3 Å². The summed E-state index contributed by atoms with van der Waals surface area (Å²) in [5.74, 6) is -2.96. The van der Waals surface area contributed by atoms with Crippen LogP contribution in [-0.2, 0) is 0 Å². The Hall–Kier alpha value is -3.75. The lowest BCUT2D eigenvalue weighted by atomic mass is 10.2. The molecule has 0 spiro atoms. The number of hydrogen-bond acceptors (Lipinski definition) is 6. The second kappa shape index (κ2) is 6.04. The number of carbonyl (C=O) groups is 2. The molecule has 0 atom stereocenters. The van der Waals surface area contributed by atoms with Gasteiger partial charge in [-0.25, -0.2) is 14.6 Å². The highest BCUT2D eigenvalue weighted by molar-refractivity contribution is 5.92. The van der Waals surface area contributed by atoms with E-state index in [0.717, 1.165) is 11.6 Å². The minimum absolute atomic E-state index is 0.0103. The third-order valence-corrected chi connectivity index (χ3v) is 3.41. The lowest BCUT2D eigenvalue weighted by Gasteiger charge is -2.00. The molecule has 0 aliphatic rings. The van der Waals surface area contributed by atoms with Crippen molar-refractivity contribution in [1.82, 2.24) is 9.38 Å². The zero-order chi connectivity index (χ0) is 18.1. The van der Waals surface area contributed by atoms with E-state index in [1.165, 1.54) is 16.5 Å². The zero-order valence-electron chi connectivity index (χ0n) is 12.9. The van der Waals surface area contributed by atoms with Crippen molar-refractivity contribution in [2.45, 2.75) is 6.92 Å². The van der Waals surface area contributed by atoms with Gasteiger partial charge in [-0.2, -0.15) is 0 Å². The summed E-state index contributed by atoms with van der Waals surface area (Å²) < 4.78 is 1.49. The number of carboxylic acids is 2. The van der Waals surface area contributed by atoms with Gasteiger partial charge in [0.15, 0.2) is 11.5 Å². The van der Waals surface area contributed by atoms with Gasteiger partial charge in [-0.15, -0.1) is 10.2 Å². The van der Waals surface area contributed by atoms with Crippen LogP contribution in [0.3, 0.4) is 0 Å². The molecule has 3 aromatic rings. The first-order valence-electron chi connectivity index (χ1n) is 7.07. The number of carboxylic acid groups (broad SMARTS) is 2. The van der Waals surface area contributed by atoms with E-state index in [1.807, 2.05) is 6.92 Å². The molecular weight excluding hydrogens is 328 g/mol. The van der Waals surface area contributed by atoms with Gasteiger partial charge in [-0.1, -0.05) is 6.07 Å². The molecule has 2 heterocycles. The second-order valence-electron chi connectivity index (χ2n) is 5.23. The number of rotatable bonds is 4. The van der Waals surface area contributed by atoms with Crippen LogP contribution in [0.25, 0.3) is 5.65 Å². The Bertz CT molecular complexity index is 1040. The van der Waals surface area contributed by atoms with Crippen molar-refractivity contribution in [3.05, 3.63) is 53.3 Å². The molecule has 0 saturated heterocycles. The van der Waals surface area contributed by atoms with Crippen molar-refractivity contribution >= 4 is 29.1 Å². The van der Waals surface area contributed by atoms with Crippen LogP contribution in [0.1, 0.15) is 26.4 Å². The summed E-state index contributed by atoms with van der Waals surface area (Å²) in [6.07, 6.45) is 1.67. The van der Waals surface area contributed by atoms with Gasteiger partial charge in [0.05, 0.1) is 5.69 Å². The van der Waals surface area contributed by atoms with Gasteiger partial charge in [0.25, 0.3) is 0 Å². The average molecular weight is 340 g/mol. The number of phenols is 1. The smallest absolute Gasteiger partial charge is 0.358 e. The van der Waals surface area contributed by atoms with Crippen LogP contribution in [-0.4, -0.2) is 36.6 Å². The summed E-state index contributed by atoms with van der Waals surface area (Å²) in [5, 5.41) is 35.6. The fraction of sp³-hybridized carbons (Fsp3) is 0.0625. The minimum atomic E-state index is -1.31. The SMILES string of the molecule is Cc1ccc2nc(C(=O)O)c(N=Nc3ccc(O)c(C(=O)O)c3)n2c1. The maximum Gasteiger partial charge on any atom is 0.358 e. The Morgan fingerprint density at radius 3 is 2.52 bits per heavy atom. The highest BCUT2D eigenvalue weighted by Gasteiger charge is 2.18. The Labute approximate surface area is 140 Å². The summed E-state index contributed by atoms with van der Waals surface area (Å²) >= 11 is 0. The van der Waals surface area contributed by atoms with Gasteiger partial charge in [0, 0.05) is 6.20 Å². The van der Waals surface area contributed by atoms with Crippen molar-refractivity contribution in [2.24, 2.45) is 10.2 Å². The van der Waals surface area contributed by atoms with E-state index in [1.54, 1.807) is 18.3 Å². The number of aromatic nitrogens is 2. The van der Waals surface area contributed by atoms with Crippen LogP contribution in [0, 0.1) is 6.92 Å². The van der Waals surface area contributed by atoms with Crippen molar-refractivity contribution in [3.63, 3.8) is 0 Å².